The predicted octanol–water partition coefficient (Wildman–Crippen LogP) is 2.71. The summed E-state index contributed by atoms with van der Waals surface area (Å²) in [6, 6.07) is 11.7. The third-order valence-corrected chi connectivity index (χ3v) is 5.64. The van der Waals surface area contributed by atoms with Gasteiger partial charge in [0.2, 0.25) is 0 Å². The zero-order valence-electron chi connectivity index (χ0n) is 15.7. The van der Waals surface area contributed by atoms with Gasteiger partial charge in [0.05, 0.1) is 6.04 Å². The molecule has 1 aliphatic rings. The second-order valence-corrected chi connectivity index (χ2v) is 7.83. The van der Waals surface area contributed by atoms with Crippen LogP contribution in [0.2, 0.25) is 0 Å². The van der Waals surface area contributed by atoms with E-state index in [9.17, 15) is 4.79 Å². The van der Waals surface area contributed by atoms with Crippen LogP contribution in [0.1, 0.15) is 29.0 Å². The zero-order valence-corrected chi connectivity index (χ0v) is 16.5. The van der Waals surface area contributed by atoms with E-state index >= 15 is 0 Å². The van der Waals surface area contributed by atoms with Gasteiger partial charge in [-0.25, -0.2) is 15.0 Å². The first-order valence-corrected chi connectivity index (χ1v) is 10.4. The van der Waals surface area contributed by atoms with E-state index in [-0.39, 0.29) is 11.9 Å². The monoisotopic (exact) mass is 394 g/mol. The SMILES string of the molecule is C[C@H](NC(=O)c1cn(-c2cc(N3CCSCC3)ncn2)cn1)c1ccccc1. The number of thioether (sulfide) groups is 1. The van der Waals surface area contributed by atoms with Crippen molar-refractivity contribution >= 4 is 23.5 Å². The van der Waals surface area contributed by atoms with Crippen LogP contribution in [0, 0.1) is 0 Å². The average Bonchev–Trinajstić information content (AvgIpc) is 3.26. The van der Waals surface area contributed by atoms with E-state index in [2.05, 4.69) is 25.2 Å². The van der Waals surface area contributed by atoms with Crippen molar-refractivity contribution in [2.75, 3.05) is 29.5 Å². The van der Waals surface area contributed by atoms with E-state index in [4.69, 9.17) is 0 Å². The summed E-state index contributed by atoms with van der Waals surface area (Å²) in [6.07, 6.45) is 4.87. The summed E-state index contributed by atoms with van der Waals surface area (Å²) in [4.78, 5) is 27.8. The lowest BCUT2D eigenvalue weighted by Crippen LogP contribution is -2.33. The minimum atomic E-state index is -0.211. The third kappa shape index (κ3) is 4.17. The molecule has 1 fully saturated rings. The number of hydrogen-bond acceptors (Lipinski definition) is 6. The van der Waals surface area contributed by atoms with Gasteiger partial charge in [-0.15, -0.1) is 0 Å². The van der Waals surface area contributed by atoms with E-state index in [1.54, 1.807) is 23.4 Å². The number of aromatic nitrogens is 4. The largest absolute Gasteiger partial charge is 0.355 e. The molecule has 144 valence electrons. The van der Waals surface area contributed by atoms with Crippen LogP contribution in [0.25, 0.3) is 5.82 Å². The molecular weight excluding hydrogens is 372 g/mol. The summed E-state index contributed by atoms with van der Waals surface area (Å²) in [5.74, 6) is 3.61. The molecule has 3 heterocycles. The van der Waals surface area contributed by atoms with Gasteiger partial charge in [-0.1, -0.05) is 30.3 Å². The van der Waals surface area contributed by atoms with E-state index < -0.39 is 0 Å². The lowest BCUT2D eigenvalue weighted by Gasteiger charge is -2.27. The number of amides is 1. The van der Waals surface area contributed by atoms with Gasteiger partial charge in [-0.3, -0.25) is 9.36 Å². The molecule has 1 saturated heterocycles. The van der Waals surface area contributed by atoms with Crippen molar-refractivity contribution in [1.29, 1.82) is 0 Å². The highest BCUT2D eigenvalue weighted by molar-refractivity contribution is 7.99. The number of benzene rings is 1. The predicted molar refractivity (Wildman–Crippen MR) is 111 cm³/mol. The zero-order chi connectivity index (χ0) is 19.3. The van der Waals surface area contributed by atoms with Gasteiger partial charge in [-0.2, -0.15) is 11.8 Å². The molecule has 3 aromatic rings. The Morgan fingerprint density at radius 2 is 1.86 bits per heavy atom. The summed E-state index contributed by atoms with van der Waals surface area (Å²) in [6.45, 7) is 3.92. The number of imidazole rings is 1. The van der Waals surface area contributed by atoms with Crippen LogP contribution in [-0.4, -0.2) is 50.0 Å². The summed E-state index contributed by atoms with van der Waals surface area (Å²) in [7, 11) is 0. The van der Waals surface area contributed by atoms with Crippen LogP contribution in [0.4, 0.5) is 5.82 Å². The number of nitrogens with zero attached hydrogens (tertiary/aromatic N) is 5. The fourth-order valence-corrected chi connectivity index (χ4v) is 4.01. The third-order valence-electron chi connectivity index (χ3n) is 4.70. The number of rotatable bonds is 5. The average molecular weight is 395 g/mol. The second-order valence-electron chi connectivity index (χ2n) is 6.61. The maximum atomic E-state index is 12.6. The highest BCUT2D eigenvalue weighted by atomic mass is 32.2. The highest BCUT2D eigenvalue weighted by Gasteiger charge is 2.16. The summed E-state index contributed by atoms with van der Waals surface area (Å²) < 4.78 is 1.76. The first-order chi connectivity index (χ1) is 13.7. The molecule has 0 unspecified atom stereocenters. The van der Waals surface area contributed by atoms with Crippen molar-refractivity contribution in [2.24, 2.45) is 0 Å². The fourth-order valence-electron chi connectivity index (χ4n) is 3.10. The molecule has 28 heavy (non-hydrogen) atoms. The Balaban J connectivity index is 1.47. The van der Waals surface area contributed by atoms with Gasteiger partial charge >= 0.3 is 0 Å². The smallest absolute Gasteiger partial charge is 0.271 e. The van der Waals surface area contributed by atoms with E-state index in [0.29, 0.717) is 11.5 Å². The van der Waals surface area contributed by atoms with Crippen molar-refractivity contribution in [3.05, 3.63) is 66.5 Å². The van der Waals surface area contributed by atoms with Crippen LogP contribution in [0.5, 0.6) is 0 Å². The number of carbonyl (C=O) groups excluding carboxylic acids is 1. The molecule has 2 aromatic heterocycles. The van der Waals surface area contributed by atoms with Gasteiger partial charge < -0.3 is 10.2 Å². The van der Waals surface area contributed by atoms with Crippen LogP contribution in [0.15, 0.2) is 55.2 Å². The topological polar surface area (TPSA) is 75.9 Å². The molecule has 0 radical (unpaired) electrons. The van der Waals surface area contributed by atoms with Gasteiger partial charge in [0, 0.05) is 36.9 Å². The lowest BCUT2D eigenvalue weighted by molar-refractivity contribution is 0.0935. The first-order valence-electron chi connectivity index (χ1n) is 9.25. The van der Waals surface area contributed by atoms with Crippen molar-refractivity contribution in [3.8, 4) is 5.82 Å². The number of nitrogens with one attached hydrogen (secondary N) is 1. The first kappa shape index (κ1) is 18.5. The van der Waals surface area contributed by atoms with Crippen LogP contribution in [0.3, 0.4) is 0 Å². The molecule has 7 nitrogen and oxygen atoms in total. The Kier molecular flexibility index (Phi) is 5.57. The quantitative estimate of drug-likeness (QED) is 0.717. The molecule has 4 rings (SSSR count). The summed E-state index contributed by atoms with van der Waals surface area (Å²) in [5.41, 5.74) is 1.41. The second kappa shape index (κ2) is 8.43. The van der Waals surface area contributed by atoms with Crippen molar-refractivity contribution < 1.29 is 4.79 Å². The Hall–Kier alpha value is -2.87. The Morgan fingerprint density at radius 1 is 1.11 bits per heavy atom. The Labute approximate surface area is 168 Å². The van der Waals surface area contributed by atoms with Crippen molar-refractivity contribution in [1.82, 2.24) is 24.8 Å². The molecule has 1 amide bonds. The molecule has 1 atom stereocenters. The van der Waals surface area contributed by atoms with Crippen LogP contribution < -0.4 is 10.2 Å². The van der Waals surface area contributed by atoms with Crippen molar-refractivity contribution in [3.63, 3.8) is 0 Å². The standard InChI is InChI=1S/C20H22N6OS/c1-15(16-5-3-2-4-6-16)24-20(27)17-12-26(14-23-17)19-11-18(21-13-22-19)25-7-9-28-10-8-25/h2-6,11-15H,7-10H2,1H3,(H,24,27)/t15-/m0/s1. The summed E-state index contributed by atoms with van der Waals surface area (Å²) >= 11 is 1.96. The van der Waals surface area contributed by atoms with Gasteiger partial charge in [0.1, 0.15) is 30.0 Å². The number of hydrogen-bond donors (Lipinski definition) is 1. The molecule has 0 aliphatic carbocycles. The molecule has 8 heteroatoms. The maximum Gasteiger partial charge on any atom is 0.271 e. The van der Waals surface area contributed by atoms with Gasteiger partial charge in [-0.05, 0) is 12.5 Å². The minimum absolute atomic E-state index is 0.0959. The van der Waals surface area contributed by atoms with Crippen LogP contribution >= 0.6 is 11.8 Å². The van der Waals surface area contributed by atoms with Crippen molar-refractivity contribution in [2.45, 2.75) is 13.0 Å². The molecule has 1 N–H and O–H groups in total. The minimum Gasteiger partial charge on any atom is -0.355 e. The molecule has 1 aliphatic heterocycles. The summed E-state index contributed by atoms with van der Waals surface area (Å²) in [5, 5.41) is 2.98. The van der Waals surface area contributed by atoms with E-state index in [0.717, 1.165) is 36.0 Å². The highest BCUT2D eigenvalue weighted by Crippen LogP contribution is 2.19. The molecular formula is C20H22N6OS. The lowest BCUT2D eigenvalue weighted by atomic mass is 10.1. The van der Waals surface area contributed by atoms with Crippen LogP contribution in [-0.2, 0) is 0 Å². The normalized spacial score (nSPS) is 15.2. The van der Waals surface area contributed by atoms with E-state index in [1.165, 1.54) is 0 Å². The number of anilines is 1. The van der Waals surface area contributed by atoms with Gasteiger partial charge in [0.25, 0.3) is 5.91 Å². The van der Waals surface area contributed by atoms with Gasteiger partial charge in [0.15, 0.2) is 0 Å². The Bertz CT molecular complexity index is 939. The number of carbonyl (C=O) groups is 1. The maximum absolute atomic E-state index is 12.6. The molecule has 0 bridgehead atoms. The fraction of sp³-hybridized carbons (Fsp3) is 0.300. The molecule has 0 spiro atoms. The molecule has 0 saturated carbocycles. The molecule has 1 aromatic carbocycles. The Morgan fingerprint density at radius 3 is 2.64 bits per heavy atom. The van der Waals surface area contributed by atoms with E-state index in [1.807, 2.05) is 55.1 Å².